The first kappa shape index (κ1) is 14.5. The third-order valence-corrected chi connectivity index (χ3v) is 4.16. The Hall–Kier alpha value is -0.520. The summed E-state index contributed by atoms with van der Waals surface area (Å²) in [5, 5.41) is 0. The molecular weight excluding hydrogens is 204 g/mol. The standard InChI is InChI=1S/C17H30/c1-3-5-6-7-8-10-13-16(4-2)17-14-11-9-12-15-17/h5-8,16-17H,3-4,9-15H2,1-2H3/b6-5-,8-7+. The molecule has 0 heterocycles. The van der Waals surface area contributed by atoms with Gasteiger partial charge in [0.15, 0.2) is 0 Å². The van der Waals surface area contributed by atoms with Crippen LogP contribution in [0.25, 0.3) is 0 Å². The lowest BCUT2D eigenvalue weighted by Gasteiger charge is -2.29. The summed E-state index contributed by atoms with van der Waals surface area (Å²) in [5.41, 5.74) is 0. The summed E-state index contributed by atoms with van der Waals surface area (Å²) in [7, 11) is 0. The molecule has 17 heavy (non-hydrogen) atoms. The molecule has 98 valence electrons. The number of allylic oxidation sites excluding steroid dienone is 4. The second-order valence-corrected chi connectivity index (χ2v) is 5.41. The zero-order valence-electron chi connectivity index (χ0n) is 11.8. The average molecular weight is 234 g/mol. The first-order chi connectivity index (χ1) is 8.38. The van der Waals surface area contributed by atoms with Crippen LogP contribution >= 0.6 is 0 Å². The van der Waals surface area contributed by atoms with Crippen molar-refractivity contribution in [1.82, 2.24) is 0 Å². The van der Waals surface area contributed by atoms with Gasteiger partial charge >= 0.3 is 0 Å². The Bertz CT molecular complexity index is 218. The van der Waals surface area contributed by atoms with E-state index in [9.17, 15) is 0 Å². The van der Waals surface area contributed by atoms with Crippen LogP contribution in [-0.2, 0) is 0 Å². The molecule has 0 heteroatoms. The zero-order chi connectivity index (χ0) is 12.3. The van der Waals surface area contributed by atoms with Crippen molar-refractivity contribution in [1.29, 1.82) is 0 Å². The first-order valence-corrected chi connectivity index (χ1v) is 7.70. The smallest absolute Gasteiger partial charge is 0.0345 e. The highest BCUT2D eigenvalue weighted by Gasteiger charge is 2.21. The summed E-state index contributed by atoms with van der Waals surface area (Å²) < 4.78 is 0. The van der Waals surface area contributed by atoms with Crippen LogP contribution in [0.1, 0.15) is 71.6 Å². The molecule has 1 rings (SSSR count). The number of rotatable bonds is 7. The fraction of sp³-hybridized carbons (Fsp3) is 0.765. The Morgan fingerprint density at radius 2 is 1.71 bits per heavy atom. The predicted molar refractivity (Wildman–Crippen MR) is 78.2 cm³/mol. The molecule has 0 amide bonds. The van der Waals surface area contributed by atoms with Crippen LogP contribution in [0.4, 0.5) is 0 Å². The topological polar surface area (TPSA) is 0 Å². The number of hydrogen-bond donors (Lipinski definition) is 0. The van der Waals surface area contributed by atoms with Crippen molar-refractivity contribution in [3.63, 3.8) is 0 Å². The molecule has 1 aliphatic rings. The van der Waals surface area contributed by atoms with Crippen molar-refractivity contribution in [2.45, 2.75) is 71.6 Å². The molecular formula is C17H30. The van der Waals surface area contributed by atoms with Crippen molar-refractivity contribution in [3.8, 4) is 0 Å². The van der Waals surface area contributed by atoms with Crippen molar-refractivity contribution in [2.24, 2.45) is 11.8 Å². The van der Waals surface area contributed by atoms with Crippen LogP contribution in [-0.4, -0.2) is 0 Å². The van der Waals surface area contributed by atoms with E-state index in [1.165, 1.54) is 51.4 Å². The molecule has 0 bridgehead atoms. The van der Waals surface area contributed by atoms with E-state index in [1.807, 2.05) is 0 Å². The minimum Gasteiger partial charge on any atom is -0.0848 e. The minimum absolute atomic E-state index is 0.982. The van der Waals surface area contributed by atoms with Gasteiger partial charge in [0, 0.05) is 0 Å². The summed E-state index contributed by atoms with van der Waals surface area (Å²) in [6, 6.07) is 0. The molecule has 1 fully saturated rings. The van der Waals surface area contributed by atoms with Crippen molar-refractivity contribution < 1.29 is 0 Å². The molecule has 0 N–H and O–H groups in total. The fourth-order valence-electron chi connectivity index (χ4n) is 3.08. The maximum absolute atomic E-state index is 2.37. The van der Waals surface area contributed by atoms with Gasteiger partial charge in [-0.2, -0.15) is 0 Å². The summed E-state index contributed by atoms with van der Waals surface area (Å²) in [5.74, 6) is 2.02. The lowest BCUT2D eigenvalue weighted by molar-refractivity contribution is 0.231. The maximum Gasteiger partial charge on any atom is -0.0345 e. The molecule has 0 aliphatic heterocycles. The Kier molecular flexibility index (Phi) is 8.13. The highest BCUT2D eigenvalue weighted by molar-refractivity contribution is 5.02. The van der Waals surface area contributed by atoms with Gasteiger partial charge in [-0.05, 0) is 31.1 Å². The van der Waals surface area contributed by atoms with E-state index >= 15 is 0 Å². The largest absolute Gasteiger partial charge is 0.0848 e. The van der Waals surface area contributed by atoms with Crippen molar-refractivity contribution in [2.75, 3.05) is 0 Å². The van der Waals surface area contributed by atoms with Crippen LogP contribution in [0, 0.1) is 11.8 Å². The Balaban J connectivity index is 2.21. The normalized spacial score (nSPS) is 20.4. The molecule has 0 saturated heterocycles. The SMILES string of the molecule is CC/C=C\C=C\CCC(CC)C1CCCCC1. The third kappa shape index (κ3) is 6.10. The van der Waals surface area contributed by atoms with Gasteiger partial charge < -0.3 is 0 Å². The van der Waals surface area contributed by atoms with E-state index in [2.05, 4.69) is 38.2 Å². The molecule has 0 aromatic heterocycles. The van der Waals surface area contributed by atoms with Gasteiger partial charge in [0.05, 0.1) is 0 Å². The molecule has 0 aromatic carbocycles. The second kappa shape index (κ2) is 9.50. The average Bonchev–Trinajstić information content (AvgIpc) is 2.39. The van der Waals surface area contributed by atoms with Crippen LogP contribution in [0.5, 0.6) is 0 Å². The summed E-state index contributed by atoms with van der Waals surface area (Å²) in [6.45, 7) is 4.56. The van der Waals surface area contributed by atoms with E-state index in [4.69, 9.17) is 0 Å². The van der Waals surface area contributed by atoms with Gasteiger partial charge in [0.2, 0.25) is 0 Å². The van der Waals surface area contributed by atoms with Crippen LogP contribution in [0.3, 0.4) is 0 Å². The van der Waals surface area contributed by atoms with Crippen LogP contribution in [0.15, 0.2) is 24.3 Å². The highest BCUT2D eigenvalue weighted by Crippen LogP contribution is 2.34. The van der Waals surface area contributed by atoms with Gasteiger partial charge in [-0.3, -0.25) is 0 Å². The van der Waals surface area contributed by atoms with Gasteiger partial charge in [-0.1, -0.05) is 76.7 Å². The van der Waals surface area contributed by atoms with E-state index in [-0.39, 0.29) is 0 Å². The van der Waals surface area contributed by atoms with E-state index < -0.39 is 0 Å². The lowest BCUT2D eigenvalue weighted by atomic mass is 9.77. The van der Waals surface area contributed by atoms with E-state index in [1.54, 1.807) is 0 Å². The van der Waals surface area contributed by atoms with Crippen molar-refractivity contribution >= 4 is 0 Å². The summed E-state index contributed by atoms with van der Waals surface area (Å²) >= 11 is 0. The van der Waals surface area contributed by atoms with Gasteiger partial charge in [-0.25, -0.2) is 0 Å². The quantitative estimate of drug-likeness (QED) is 0.481. The molecule has 1 saturated carbocycles. The lowest BCUT2D eigenvalue weighted by Crippen LogP contribution is -2.17. The van der Waals surface area contributed by atoms with Crippen molar-refractivity contribution in [3.05, 3.63) is 24.3 Å². The molecule has 1 unspecified atom stereocenters. The maximum atomic E-state index is 2.37. The van der Waals surface area contributed by atoms with Gasteiger partial charge in [-0.15, -0.1) is 0 Å². The molecule has 1 atom stereocenters. The molecule has 0 nitrogen and oxygen atoms in total. The molecule has 0 radical (unpaired) electrons. The third-order valence-electron chi connectivity index (χ3n) is 4.16. The highest BCUT2D eigenvalue weighted by atomic mass is 14.3. The van der Waals surface area contributed by atoms with Crippen LogP contribution in [0.2, 0.25) is 0 Å². The Labute approximate surface area is 108 Å². The fourth-order valence-corrected chi connectivity index (χ4v) is 3.08. The van der Waals surface area contributed by atoms with Gasteiger partial charge in [0.25, 0.3) is 0 Å². The summed E-state index contributed by atoms with van der Waals surface area (Å²) in [6.07, 6.45) is 21.6. The Morgan fingerprint density at radius 1 is 1.00 bits per heavy atom. The predicted octanol–water partition coefficient (Wildman–Crippen LogP) is 5.90. The molecule has 0 spiro atoms. The Morgan fingerprint density at radius 3 is 2.35 bits per heavy atom. The van der Waals surface area contributed by atoms with E-state index in [0.29, 0.717) is 0 Å². The molecule has 0 aromatic rings. The van der Waals surface area contributed by atoms with Crippen LogP contribution < -0.4 is 0 Å². The summed E-state index contributed by atoms with van der Waals surface area (Å²) in [4.78, 5) is 0. The number of hydrogen-bond acceptors (Lipinski definition) is 0. The minimum atomic E-state index is 0.982. The second-order valence-electron chi connectivity index (χ2n) is 5.41. The van der Waals surface area contributed by atoms with Gasteiger partial charge in [0.1, 0.15) is 0 Å². The van der Waals surface area contributed by atoms with E-state index in [0.717, 1.165) is 18.3 Å². The first-order valence-electron chi connectivity index (χ1n) is 7.70. The zero-order valence-corrected chi connectivity index (χ0v) is 11.8. The monoisotopic (exact) mass is 234 g/mol. The molecule has 1 aliphatic carbocycles.